The van der Waals surface area contributed by atoms with Gasteiger partial charge in [-0.3, -0.25) is 9.78 Å². The summed E-state index contributed by atoms with van der Waals surface area (Å²) >= 11 is 0. The fourth-order valence-electron chi connectivity index (χ4n) is 2.37. The third-order valence-corrected chi connectivity index (χ3v) is 4.05. The van der Waals surface area contributed by atoms with Crippen molar-refractivity contribution in [2.75, 3.05) is 17.3 Å². The van der Waals surface area contributed by atoms with Gasteiger partial charge in [-0.05, 0) is 44.2 Å². The number of nitrogens with zero attached hydrogens (tertiary/aromatic N) is 3. The molecule has 1 N–H and O–H groups in total. The van der Waals surface area contributed by atoms with Crippen LogP contribution in [-0.4, -0.2) is 29.1 Å². The van der Waals surface area contributed by atoms with E-state index in [0.717, 1.165) is 0 Å². The van der Waals surface area contributed by atoms with Crippen molar-refractivity contribution >= 4 is 17.3 Å². The third kappa shape index (κ3) is 3.72. The van der Waals surface area contributed by atoms with Crippen LogP contribution >= 0.6 is 0 Å². The molecule has 0 aliphatic heterocycles. The lowest BCUT2D eigenvalue weighted by Crippen LogP contribution is -2.26. The summed E-state index contributed by atoms with van der Waals surface area (Å²) in [5.74, 6) is -0.452. The fourth-order valence-corrected chi connectivity index (χ4v) is 2.37. The fraction of sp³-hybridized carbons (Fsp3) is 0.211. The predicted molar refractivity (Wildman–Crippen MR) is 97.6 cm³/mol. The van der Waals surface area contributed by atoms with Gasteiger partial charge in [0.05, 0.1) is 5.69 Å². The Hall–Kier alpha value is -3.22. The number of pyridine rings is 1. The van der Waals surface area contributed by atoms with Gasteiger partial charge in [0.15, 0.2) is 11.5 Å². The van der Waals surface area contributed by atoms with Crippen LogP contribution in [-0.2, 0) is 0 Å². The van der Waals surface area contributed by atoms with Gasteiger partial charge in [0.25, 0.3) is 5.91 Å². The minimum absolute atomic E-state index is 0.104. The lowest BCUT2D eigenvalue weighted by Gasteiger charge is -2.24. The summed E-state index contributed by atoms with van der Waals surface area (Å²) in [7, 11) is 1.82. The van der Waals surface area contributed by atoms with E-state index in [4.69, 9.17) is 4.52 Å². The second-order valence-corrected chi connectivity index (χ2v) is 6.14. The third-order valence-electron chi connectivity index (χ3n) is 4.05. The highest BCUT2D eigenvalue weighted by molar-refractivity contribution is 6.03. The molecule has 1 aromatic carbocycles. The summed E-state index contributed by atoms with van der Waals surface area (Å²) in [5.41, 5.74) is 1.64. The standard InChI is InChI=1S/C19H19FN4O2/c1-12(2)24(3)17-7-6-14(9-15(17)20)22-19(25)16-10-18(26-23-16)13-5-4-8-21-11-13/h4-12H,1-3H3,(H,22,25). The van der Waals surface area contributed by atoms with Crippen molar-refractivity contribution in [1.82, 2.24) is 10.1 Å². The number of nitrogens with one attached hydrogen (secondary N) is 1. The Kier molecular flexibility index (Phi) is 4.97. The summed E-state index contributed by atoms with van der Waals surface area (Å²) in [5, 5.41) is 6.39. The van der Waals surface area contributed by atoms with Gasteiger partial charge in [0.2, 0.25) is 0 Å². The number of amides is 1. The molecule has 0 aliphatic rings. The highest BCUT2D eigenvalue weighted by Gasteiger charge is 2.16. The molecule has 2 aromatic heterocycles. The summed E-state index contributed by atoms with van der Waals surface area (Å²) in [6.07, 6.45) is 3.25. The van der Waals surface area contributed by atoms with Crippen molar-refractivity contribution in [2.24, 2.45) is 0 Å². The van der Waals surface area contributed by atoms with Crippen molar-refractivity contribution in [2.45, 2.75) is 19.9 Å². The Morgan fingerprint density at radius 3 is 2.73 bits per heavy atom. The van der Waals surface area contributed by atoms with E-state index in [-0.39, 0.29) is 11.7 Å². The van der Waals surface area contributed by atoms with Crippen molar-refractivity contribution in [3.63, 3.8) is 0 Å². The number of carbonyl (C=O) groups excluding carboxylic acids is 1. The first-order valence-corrected chi connectivity index (χ1v) is 8.16. The minimum atomic E-state index is -0.478. The number of rotatable bonds is 5. The summed E-state index contributed by atoms with van der Waals surface area (Å²) < 4.78 is 19.5. The first-order chi connectivity index (χ1) is 12.5. The molecule has 26 heavy (non-hydrogen) atoms. The zero-order valence-electron chi connectivity index (χ0n) is 14.7. The van der Waals surface area contributed by atoms with Gasteiger partial charge in [-0.1, -0.05) is 5.16 Å². The second kappa shape index (κ2) is 7.35. The molecule has 0 aliphatic carbocycles. The maximum atomic E-state index is 14.3. The highest BCUT2D eigenvalue weighted by Crippen LogP contribution is 2.24. The van der Waals surface area contributed by atoms with E-state index in [1.165, 1.54) is 12.1 Å². The van der Waals surface area contributed by atoms with Crippen LogP contribution in [0.2, 0.25) is 0 Å². The molecule has 0 saturated carbocycles. The molecule has 0 unspecified atom stereocenters. The molecule has 7 heteroatoms. The molecule has 0 bridgehead atoms. The second-order valence-electron chi connectivity index (χ2n) is 6.14. The average molecular weight is 354 g/mol. The molecular weight excluding hydrogens is 335 g/mol. The number of anilines is 2. The molecule has 3 rings (SSSR count). The number of benzene rings is 1. The van der Waals surface area contributed by atoms with Crippen LogP contribution in [0.1, 0.15) is 24.3 Å². The van der Waals surface area contributed by atoms with Gasteiger partial charge in [-0.15, -0.1) is 0 Å². The molecule has 0 fully saturated rings. The molecule has 134 valence electrons. The summed E-state index contributed by atoms with van der Waals surface area (Å²) in [6.45, 7) is 3.94. The molecule has 0 atom stereocenters. The number of hydrogen-bond donors (Lipinski definition) is 1. The normalized spacial score (nSPS) is 10.8. The Bertz CT molecular complexity index is 909. The zero-order chi connectivity index (χ0) is 18.7. The predicted octanol–water partition coefficient (Wildman–Crippen LogP) is 3.97. The SMILES string of the molecule is CC(C)N(C)c1ccc(NC(=O)c2cc(-c3cccnc3)on2)cc1F. The maximum absolute atomic E-state index is 14.3. The van der Waals surface area contributed by atoms with Gasteiger partial charge in [0.1, 0.15) is 5.82 Å². The van der Waals surface area contributed by atoms with E-state index in [2.05, 4.69) is 15.5 Å². The number of aromatic nitrogens is 2. The van der Waals surface area contributed by atoms with E-state index >= 15 is 0 Å². The monoisotopic (exact) mass is 354 g/mol. The van der Waals surface area contributed by atoms with E-state index in [9.17, 15) is 9.18 Å². The van der Waals surface area contributed by atoms with Gasteiger partial charge in [0, 0.05) is 42.8 Å². The topological polar surface area (TPSA) is 71.3 Å². The zero-order valence-corrected chi connectivity index (χ0v) is 14.7. The van der Waals surface area contributed by atoms with Crippen molar-refractivity contribution in [3.8, 4) is 11.3 Å². The molecule has 1 amide bonds. The van der Waals surface area contributed by atoms with E-state index in [1.807, 2.05) is 25.8 Å². The number of carbonyl (C=O) groups is 1. The van der Waals surface area contributed by atoms with Gasteiger partial charge < -0.3 is 14.7 Å². The van der Waals surface area contributed by atoms with Crippen LogP contribution < -0.4 is 10.2 Å². The minimum Gasteiger partial charge on any atom is -0.370 e. The molecule has 3 aromatic rings. The number of halogens is 1. The van der Waals surface area contributed by atoms with Crippen LogP contribution in [0, 0.1) is 5.82 Å². The lowest BCUT2D eigenvalue weighted by molar-refractivity contribution is 0.101. The number of hydrogen-bond acceptors (Lipinski definition) is 5. The average Bonchev–Trinajstić information content (AvgIpc) is 3.12. The Balaban J connectivity index is 1.74. The Morgan fingerprint density at radius 2 is 2.08 bits per heavy atom. The van der Waals surface area contributed by atoms with Crippen LogP contribution in [0.3, 0.4) is 0 Å². The van der Waals surface area contributed by atoms with Crippen LogP contribution in [0.5, 0.6) is 0 Å². The molecule has 0 spiro atoms. The van der Waals surface area contributed by atoms with E-state index in [0.29, 0.717) is 22.7 Å². The van der Waals surface area contributed by atoms with Crippen molar-refractivity contribution in [1.29, 1.82) is 0 Å². The maximum Gasteiger partial charge on any atom is 0.277 e. The van der Waals surface area contributed by atoms with Gasteiger partial charge in [-0.2, -0.15) is 0 Å². The molecular formula is C19H19FN4O2. The largest absolute Gasteiger partial charge is 0.370 e. The first-order valence-electron chi connectivity index (χ1n) is 8.16. The summed E-state index contributed by atoms with van der Waals surface area (Å²) in [6, 6.07) is 9.81. The highest BCUT2D eigenvalue weighted by atomic mass is 19.1. The van der Waals surface area contributed by atoms with Gasteiger partial charge >= 0.3 is 0 Å². The van der Waals surface area contributed by atoms with Crippen LogP contribution in [0.4, 0.5) is 15.8 Å². The Labute approximate surface area is 150 Å². The Morgan fingerprint density at radius 1 is 1.27 bits per heavy atom. The van der Waals surface area contributed by atoms with E-state index in [1.54, 1.807) is 36.7 Å². The quantitative estimate of drug-likeness (QED) is 0.750. The van der Waals surface area contributed by atoms with Gasteiger partial charge in [-0.25, -0.2) is 4.39 Å². The van der Waals surface area contributed by atoms with Crippen molar-refractivity contribution in [3.05, 3.63) is 60.3 Å². The summed E-state index contributed by atoms with van der Waals surface area (Å²) in [4.78, 5) is 18.1. The molecule has 0 radical (unpaired) electrons. The first kappa shape index (κ1) is 17.6. The van der Waals surface area contributed by atoms with E-state index < -0.39 is 11.7 Å². The molecule has 2 heterocycles. The van der Waals surface area contributed by atoms with Crippen LogP contribution in [0.25, 0.3) is 11.3 Å². The van der Waals surface area contributed by atoms with Crippen molar-refractivity contribution < 1.29 is 13.7 Å². The molecule has 0 saturated heterocycles. The molecule has 6 nitrogen and oxygen atoms in total. The smallest absolute Gasteiger partial charge is 0.277 e. The lowest BCUT2D eigenvalue weighted by atomic mass is 10.2. The van der Waals surface area contributed by atoms with Crippen LogP contribution in [0.15, 0.2) is 53.3 Å².